The van der Waals surface area contributed by atoms with Crippen LogP contribution < -0.4 is 0 Å². The Bertz CT molecular complexity index is 357. The van der Waals surface area contributed by atoms with Gasteiger partial charge in [0, 0.05) is 0 Å². The molecule has 1 aliphatic rings. The van der Waals surface area contributed by atoms with E-state index in [1.54, 1.807) is 6.92 Å². The number of Topliss-reactive ketones (excluding diaryl/α,β-unsaturated/α-hetero) is 1. The monoisotopic (exact) mass is 266 g/mol. The van der Waals surface area contributed by atoms with Crippen LogP contribution in [0.1, 0.15) is 65.7 Å². The number of ether oxygens (including phenoxy) is 1. The van der Waals surface area contributed by atoms with Crippen molar-refractivity contribution in [2.24, 2.45) is 5.41 Å². The highest BCUT2D eigenvalue weighted by Gasteiger charge is 2.60. The third-order valence-corrected chi connectivity index (χ3v) is 3.80. The molecule has 0 aromatic rings. The molecule has 3 nitrogen and oxygen atoms in total. The average Bonchev–Trinajstić information content (AvgIpc) is 3.10. The van der Waals surface area contributed by atoms with E-state index in [2.05, 4.69) is 13.0 Å². The number of hydrogen-bond donors (Lipinski definition) is 0. The molecule has 1 unspecified atom stereocenters. The largest absolute Gasteiger partial charge is 0.465 e. The summed E-state index contributed by atoms with van der Waals surface area (Å²) in [6, 6.07) is 0. The SMILES string of the molecule is CCCCCCC/C=C1\CC1(C(C)=O)C(=O)OCC. The van der Waals surface area contributed by atoms with Gasteiger partial charge in [0.05, 0.1) is 6.61 Å². The molecule has 0 aromatic carbocycles. The number of carbonyl (C=O) groups excluding carboxylic acids is 2. The summed E-state index contributed by atoms with van der Waals surface area (Å²) in [6.07, 6.45) is 9.78. The van der Waals surface area contributed by atoms with E-state index < -0.39 is 5.41 Å². The van der Waals surface area contributed by atoms with Crippen LogP contribution in [0.15, 0.2) is 11.6 Å². The molecule has 1 fully saturated rings. The van der Waals surface area contributed by atoms with Crippen molar-refractivity contribution in [2.45, 2.75) is 65.7 Å². The molecule has 0 heterocycles. The van der Waals surface area contributed by atoms with Gasteiger partial charge in [-0.1, -0.05) is 38.7 Å². The fraction of sp³-hybridized carbons (Fsp3) is 0.750. The summed E-state index contributed by atoms with van der Waals surface area (Å²) < 4.78 is 5.02. The number of rotatable bonds is 9. The van der Waals surface area contributed by atoms with Gasteiger partial charge in [-0.25, -0.2) is 0 Å². The highest BCUT2D eigenvalue weighted by atomic mass is 16.5. The van der Waals surface area contributed by atoms with Gasteiger partial charge in [0.2, 0.25) is 0 Å². The Morgan fingerprint density at radius 2 is 1.89 bits per heavy atom. The van der Waals surface area contributed by atoms with E-state index in [1.165, 1.54) is 32.6 Å². The van der Waals surface area contributed by atoms with E-state index in [0.29, 0.717) is 13.0 Å². The van der Waals surface area contributed by atoms with Gasteiger partial charge in [0.1, 0.15) is 0 Å². The molecule has 0 bridgehead atoms. The number of carbonyl (C=O) groups is 2. The standard InChI is InChI=1S/C16H26O3/c1-4-6-7-8-9-10-11-14-12-16(14,13(3)17)15(18)19-5-2/h11H,4-10,12H2,1-3H3/b14-11+. The quantitative estimate of drug-likeness (QED) is 0.276. The van der Waals surface area contributed by atoms with Crippen molar-refractivity contribution in [3.05, 3.63) is 11.6 Å². The minimum absolute atomic E-state index is 0.0804. The Morgan fingerprint density at radius 3 is 2.47 bits per heavy atom. The van der Waals surface area contributed by atoms with Gasteiger partial charge in [-0.15, -0.1) is 0 Å². The van der Waals surface area contributed by atoms with Crippen LogP contribution in [0, 0.1) is 5.41 Å². The van der Waals surface area contributed by atoms with Crippen molar-refractivity contribution in [3.63, 3.8) is 0 Å². The Balaban J connectivity index is 2.43. The Hall–Kier alpha value is -1.12. The lowest BCUT2D eigenvalue weighted by Gasteiger charge is -2.09. The first kappa shape index (κ1) is 15.9. The Labute approximate surface area is 116 Å². The Morgan fingerprint density at radius 1 is 1.21 bits per heavy atom. The molecule has 0 amide bonds. The molecule has 0 aliphatic heterocycles. The summed E-state index contributed by atoms with van der Waals surface area (Å²) in [5.41, 5.74) is 0.0494. The number of hydrogen-bond acceptors (Lipinski definition) is 3. The average molecular weight is 266 g/mol. The zero-order valence-corrected chi connectivity index (χ0v) is 12.5. The first-order valence-corrected chi connectivity index (χ1v) is 7.47. The zero-order valence-electron chi connectivity index (χ0n) is 12.5. The van der Waals surface area contributed by atoms with Crippen LogP contribution in [-0.2, 0) is 14.3 Å². The fourth-order valence-electron chi connectivity index (χ4n) is 2.46. The number of allylic oxidation sites excluding steroid dienone is 1. The van der Waals surface area contributed by atoms with E-state index in [0.717, 1.165) is 18.4 Å². The van der Waals surface area contributed by atoms with Crippen LogP contribution in [0.2, 0.25) is 0 Å². The molecule has 0 aromatic heterocycles. The zero-order chi connectivity index (χ0) is 14.3. The molecular formula is C16H26O3. The Kier molecular flexibility index (Phi) is 6.26. The van der Waals surface area contributed by atoms with E-state index in [9.17, 15) is 9.59 Å². The topological polar surface area (TPSA) is 43.4 Å². The maximum Gasteiger partial charge on any atom is 0.324 e. The molecule has 1 atom stereocenters. The molecule has 19 heavy (non-hydrogen) atoms. The van der Waals surface area contributed by atoms with Gasteiger partial charge in [0.25, 0.3) is 0 Å². The molecule has 1 rings (SSSR count). The summed E-state index contributed by atoms with van der Waals surface area (Å²) in [5.74, 6) is -0.442. The lowest BCUT2D eigenvalue weighted by Crippen LogP contribution is -2.26. The third-order valence-electron chi connectivity index (χ3n) is 3.80. The van der Waals surface area contributed by atoms with Crippen molar-refractivity contribution < 1.29 is 14.3 Å². The predicted octanol–water partition coefficient (Wildman–Crippen LogP) is 3.82. The maximum atomic E-state index is 11.9. The summed E-state index contributed by atoms with van der Waals surface area (Å²) in [7, 11) is 0. The highest BCUT2D eigenvalue weighted by molar-refractivity contribution is 6.11. The van der Waals surface area contributed by atoms with Crippen LogP contribution in [-0.4, -0.2) is 18.4 Å². The number of esters is 1. The van der Waals surface area contributed by atoms with Crippen molar-refractivity contribution >= 4 is 11.8 Å². The van der Waals surface area contributed by atoms with Gasteiger partial charge in [-0.3, -0.25) is 9.59 Å². The van der Waals surface area contributed by atoms with Crippen LogP contribution in [0.25, 0.3) is 0 Å². The third kappa shape index (κ3) is 3.92. The van der Waals surface area contributed by atoms with Gasteiger partial charge >= 0.3 is 5.97 Å². The maximum absolute atomic E-state index is 11.9. The minimum atomic E-state index is -0.917. The predicted molar refractivity (Wildman–Crippen MR) is 75.8 cm³/mol. The van der Waals surface area contributed by atoms with E-state index >= 15 is 0 Å². The number of unbranched alkanes of at least 4 members (excludes halogenated alkanes) is 5. The number of ketones is 1. The van der Waals surface area contributed by atoms with Crippen molar-refractivity contribution in [2.75, 3.05) is 6.61 Å². The first-order chi connectivity index (χ1) is 9.09. The molecule has 0 N–H and O–H groups in total. The molecule has 1 aliphatic carbocycles. The van der Waals surface area contributed by atoms with Crippen LogP contribution in [0.4, 0.5) is 0 Å². The smallest absolute Gasteiger partial charge is 0.324 e. The lowest BCUT2D eigenvalue weighted by molar-refractivity contribution is -0.152. The molecule has 108 valence electrons. The van der Waals surface area contributed by atoms with Crippen molar-refractivity contribution in [1.82, 2.24) is 0 Å². The van der Waals surface area contributed by atoms with Gasteiger partial charge < -0.3 is 4.74 Å². The molecule has 0 radical (unpaired) electrons. The summed E-state index contributed by atoms with van der Waals surface area (Å²) >= 11 is 0. The van der Waals surface area contributed by atoms with Crippen LogP contribution in [0.3, 0.4) is 0 Å². The normalized spacial score (nSPS) is 23.4. The van der Waals surface area contributed by atoms with E-state index in [4.69, 9.17) is 4.74 Å². The summed E-state index contributed by atoms with van der Waals surface area (Å²) in [5, 5.41) is 0. The fourth-order valence-corrected chi connectivity index (χ4v) is 2.46. The van der Waals surface area contributed by atoms with Gasteiger partial charge in [-0.05, 0) is 38.7 Å². The molecular weight excluding hydrogens is 240 g/mol. The van der Waals surface area contributed by atoms with Gasteiger partial charge in [-0.2, -0.15) is 0 Å². The van der Waals surface area contributed by atoms with E-state index in [1.807, 2.05) is 0 Å². The molecule has 3 heteroatoms. The summed E-state index contributed by atoms with van der Waals surface area (Å²) in [4.78, 5) is 23.6. The van der Waals surface area contributed by atoms with Gasteiger partial charge in [0.15, 0.2) is 11.2 Å². The second-order valence-corrected chi connectivity index (χ2v) is 5.29. The second kappa shape index (κ2) is 7.46. The lowest BCUT2D eigenvalue weighted by atomic mass is 10.0. The summed E-state index contributed by atoms with van der Waals surface area (Å²) in [6.45, 7) is 5.79. The van der Waals surface area contributed by atoms with Crippen molar-refractivity contribution in [1.29, 1.82) is 0 Å². The molecule has 0 saturated heterocycles. The van der Waals surface area contributed by atoms with Crippen LogP contribution >= 0.6 is 0 Å². The second-order valence-electron chi connectivity index (χ2n) is 5.29. The van der Waals surface area contributed by atoms with Crippen molar-refractivity contribution in [3.8, 4) is 0 Å². The molecule has 1 saturated carbocycles. The van der Waals surface area contributed by atoms with E-state index in [-0.39, 0.29) is 11.8 Å². The first-order valence-electron chi connectivity index (χ1n) is 7.47. The minimum Gasteiger partial charge on any atom is -0.465 e. The highest BCUT2D eigenvalue weighted by Crippen LogP contribution is 2.54. The van der Waals surface area contributed by atoms with Crippen LogP contribution in [0.5, 0.6) is 0 Å². The molecule has 0 spiro atoms.